The quantitative estimate of drug-likeness (QED) is 0.267. The maximum Gasteiger partial charge on any atom is 0.271 e. The first-order valence-corrected chi connectivity index (χ1v) is 11.7. The van der Waals surface area contributed by atoms with Gasteiger partial charge in [-0.2, -0.15) is 5.10 Å². The summed E-state index contributed by atoms with van der Waals surface area (Å²) in [5, 5.41) is 4.33. The van der Waals surface area contributed by atoms with Gasteiger partial charge in [-0.3, -0.25) is 9.52 Å². The van der Waals surface area contributed by atoms with Crippen molar-refractivity contribution in [1.82, 2.24) is 5.43 Å². The molecule has 172 valence electrons. The number of nitrogens with one attached hydrogen (secondary N) is 2. The molecule has 0 saturated heterocycles. The van der Waals surface area contributed by atoms with Crippen molar-refractivity contribution in [1.29, 1.82) is 0 Å². The van der Waals surface area contributed by atoms with Gasteiger partial charge in [0, 0.05) is 21.8 Å². The van der Waals surface area contributed by atoms with Gasteiger partial charge in [-0.05, 0) is 78.9 Å². The highest BCUT2D eigenvalue weighted by atomic mass is 35.5. The zero-order valence-corrected chi connectivity index (χ0v) is 19.0. The summed E-state index contributed by atoms with van der Waals surface area (Å²) < 4.78 is 46.4. The summed E-state index contributed by atoms with van der Waals surface area (Å²) in [4.78, 5) is 12.4. The molecule has 1 heterocycles. The van der Waals surface area contributed by atoms with Crippen molar-refractivity contribution in [3.05, 3.63) is 107 Å². The van der Waals surface area contributed by atoms with Crippen LogP contribution in [0.4, 0.5) is 10.1 Å². The number of rotatable bonds is 7. The fourth-order valence-corrected chi connectivity index (χ4v) is 4.18. The van der Waals surface area contributed by atoms with Crippen LogP contribution in [0.2, 0.25) is 5.02 Å². The molecular weight excluding hydrogens is 481 g/mol. The molecule has 3 aromatic carbocycles. The van der Waals surface area contributed by atoms with E-state index in [-0.39, 0.29) is 16.3 Å². The van der Waals surface area contributed by atoms with E-state index in [1.807, 2.05) is 0 Å². The monoisotopic (exact) mass is 497 g/mol. The average Bonchev–Trinajstić information content (AvgIpc) is 3.30. The van der Waals surface area contributed by atoms with Gasteiger partial charge < -0.3 is 4.42 Å². The predicted octanol–water partition coefficient (Wildman–Crippen LogP) is 5.30. The molecule has 4 aromatic rings. The standard InChI is InChI=1S/C24H17ClFN3O4S/c25-18-6-10-20(11-7-18)29-34(31,32)22-3-1-2-17(14-22)24(30)28-27-15-21-12-13-23(33-21)16-4-8-19(26)9-5-16/h1-15,29H,(H,28,30)/b27-15-. The lowest BCUT2D eigenvalue weighted by Gasteiger charge is -2.09. The first kappa shape index (κ1) is 23.2. The third kappa shape index (κ3) is 5.69. The van der Waals surface area contributed by atoms with Crippen LogP contribution in [0.3, 0.4) is 0 Å². The zero-order valence-electron chi connectivity index (χ0n) is 17.4. The predicted molar refractivity (Wildman–Crippen MR) is 128 cm³/mol. The van der Waals surface area contributed by atoms with Crippen molar-refractivity contribution in [2.75, 3.05) is 4.72 Å². The molecule has 0 bridgehead atoms. The van der Waals surface area contributed by atoms with Crippen LogP contribution in [-0.2, 0) is 10.0 Å². The summed E-state index contributed by atoms with van der Waals surface area (Å²) in [5.74, 6) is -0.0791. The summed E-state index contributed by atoms with van der Waals surface area (Å²) in [6.45, 7) is 0. The minimum atomic E-state index is -3.92. The Hall–Kier alpha value is -3.95. The number of hydrazone groups is 1. The van der Waals surface area contributed by atoms with Crippen LogP contribution in [-0.4, -0.2) is 20.5 Å². The highest BCUT2D eigenvalue weighted by molar-refractivity contribution is 7.92. The number of amides is 1. The number of carbonyl (C=O) groups is 1. The Balaban J connectivity index is 1.42. The molecule has 7 nitrogen and oxygen atoms in total. The Bertz CT molecular complexity index is 1450. The molecule has 2 N–H and O–H groups in total. The number of sulfonamides is 1. The highest BCUT2D eigenvalue weighted by Gasteiger charge is 2.16. The van der Waals surface area contributed by atoms with Crippen LogP contribution in [0.15, 0.2) is 99.3 Å². The lowest BCUT2D eigenvalue weighted by atomic mass is 10.2. The van der Waals surface area contributed by atoms with Crippen molar-refractivity contribution in [3.8, 4) is 11.3 Å². The normalized spacial score (nSPS) is 11.5. The SMILES string of the molecule is O=C(N/N=C\c1ccc(-c2ccc(F)cc2)o1)c1cccc(S(=O)(=O)Nc2ccc(Cl)cc2)c1. The Kier molecular flexibility index (Phi) is 6.76. The molecule has 4 rings (SSSR count). The topological polar surface area (TPSA) is 101 Å². The third-order valence-corrected chi connectivity index (χ3v) is 6.25. The van der Waals surface area contributed by atoms with Gasteiger partial charge in [0.15, 0.2) is 0 Å². The molecule has 0 atom stereocenters. The van der Waals surface area contributed by atoms with Gasteiger partial charge in [0.05, 0.1) is 11.1 Å². The van der Waals surface area contributed by atoms with E-state index in [9.17, 15) is 17.6 Å². The largest absolute Gasteiger partial charge is 0.455 e. The fraction of sp³-hybridized carbons (Fsp3) is 0. The Labute approximate surface area is 199 Å². The molecule has 0 radical (unpaired) electrons. The van der Waals surface area contributed by atoms with E-state index in [1.165, 1.54) is 54.7 Å². The van der Waals surface area contributed by atoms with E-state index in [1.54, 1.807) is 36.4 Å². The van der Waals surface area contributed by atoms with E-state index in [4.69, 9.17) is 16.0 Å². The number of hydrogen-bond acceptors (Lipinski definition) is 5. The molecule has 0 aliphatic rings. The van der Waals surface area contributed by atoms with Crippen LogP contribution >= 0.6 is 11.6 Å². The summed E-state index contributed by atoms with van der Waals surface area (Å²) in [7, 11) is -3.92. The Morgan fingerprint density at radius 1 is 0.971 bits per heavy atom. The van der Waals surface area contributed by atoms with Crippen LogP contribution in [0.25, 0.3) is 11.3 Å². The molecule has 0 aliphatic carbocycles. The maximum absolute atomic E-state index is 13.1. The molecule has 0 saturated carbocycles. The summed E-state index contributed by atoms with van der Waals surface area (Å²) in [5.41, 5.74) is 3.45. The van der Waals surface area contributed by atoms with Crippen molar-refractivity contribution < 1.29 is 22.0 Å². The minimum Gasteiger partial charge on any atom is -0.455 e. The van der Waals surface area contributed by atoms with E-state index in [0.29, 0.717) is 27.8 Å². The smallest absolute Gasteiger partial charge is 0.271 e. The molecular formula is C24H17ClFN3O4S. The number of hydrogen-bond donors (Lipinski definition) is 2. The first-order chi connectivity index (χ1) is 16.3. The number of carbonyl (C=O) groups excluding carboxylic acids is 1. The Morgan fingerprint density at radius 3 is 2.44 bits per heavy atom. The van der Waals surface area contributed by atoms with E-state index >= 15 is 0 Å². The van der Waals surface area contributed by atoms with Gasteiger partial charge in [0.1, 0.15) is 17.3 Å². The molecule has 0 aliphatic heterocycles. The molecule has 1 aromatic heterocycles. The third-order valence-electron chi connectivity index (χ3n) is 4.62. The molecule has 0 fully saturated rings. The average molecular weight is 498 g/mol. The fourth-order valence-electron chi connectivity index (χ4n) is 2.95. The van der Waals surface area contributed by atoms with E-state index < -0.39 is 15.9 Å². The molecule has 0 spiro atoms. The van der Waals surface area contributed by atoms with Gasteiger partial charge in [0.2, 0.25) is 0 Å². The highest BCUT2D eigenvalue weighted by Crippen LogP contribution is 2.22. The first-order valence-electron chi connectivity index (χ1n) is 9.88. The number of halogens is 2. The summed E-state index contributed by atoms with van der Waals surface area (Å²) in [6.07, 6.45) is 1.30. The zero-order chi connectivity index (χ0) is 24.1. The minimum absolute atomic E-state index is 0.0888. The summed E-state index contributed by atoms with van der Waals surface area (Å²) >= 11 is 5.82. The van der Waals surface area contributed by atoms with Crippen LogP contribution in [0, 0.1) is 5.82 Å². The second-order valence-corrected chi connectivity index (χ2v) is 9.17. The van der Waals surface area contributed by atoms with Crippen molar-refractivity contribution >= 4 is 39.4 Å². The molecule has 34 heavy (non-hydrogen) atoms. The van der Waals surface area contributed by atoms with Crippen molar-refractivity contribution in [3.63, 3.8) is 0 Å². The second-order valence-electron chi connectivity index (χ2n) is 7.05. The Morgan fingerprint density at radius 2 is 1.71 bits per heavy atom. The van der Waals surface area contributed by atoms with Crippen LogP contribution in [0.1, 0.15) is 16.1 Å². The lowest BCUT2D eigenvalue weighted by Crippen LogP contribution is -2.19. The van der Waals surface area contributed by atoms with Crippen LogP contribution in [0.5, 0.6) is 0 Å². The van der Waals surface area contributed by atoms with Gasteiger partial charge >= 0.3 is 0 Å². The molecule has 10 heteroatoms. The van der Waals surface area contributed by atoms with E-state index in [2.05, 4.69) is 15.2 Å². The molecule has 0 unspecified atom stereocenters. The maximum atomic E-state index is 13.1. The van der Waals surface area contributed by atoms with Gasteiger partial charge in [-0.1, -0.05) is 17.7 Å². The van der Waals surface area contributed by atoms with Crippen LogP contribution < -0.4 is 10.1 Å². The number of furan rings is 1. The van der Waals surface area contributed by atoms with Crippen molar-refractivity contribution in [2.45, 2.75) is 4.90 Å². The number of benzene rings is 3. The van der Waals surface area contributed by atoms with Gasteiger partial charge in [0.25, 0.3) is 15.9 Å². The van der Waals surface area contributed by atoms with Gasteiger partial charge in [-0.15, -0.1) is 0 Å². The molecule has 1 amide bonds. The number of nitrogens with zero attached hydrogens (tertiary/aromatic N) is 1. The lowest BCUT2D eigenvalue weighted by molar-refractivity contribution is 0.0955. The second kappa shape index (κ2) is 9.90. The summed E-state index contributed by atoms with van der Waals surface area (Å²) in [6, 6.07) is 20.9. The van der Waals surface area contributed by atoms with E-state index in [0.717, 1.165) is 0 Å². The van der Waals surface area contributed by atoms with Crippen molar-refractivity contribution in [2.24, 2.45) is 5.10 Å². The number of anilines is 1. The van der Waals surface area contributed by atoms with Gasteiger partial charge in [-0.25, -0.2) is 18.2 Å².